The first-order valence-electron chi connectivity index (χ1n) is 5.53. The van der Waals surface area contributed by atoms with Gasteiger partial charge in [-0.15, -0.1) is 0 Å². The minimum absolute atomic E-state index is 0.0548. The van der Waals surface area contributed by atoms with Crippen LogP contribution in [-0.2, 0) is 14.3 Å². The Morgan fingerprint density at radius 1 is 1.27 bits per heavy atom. The second-order valence-electron chi connectivity index (χ2n) is 4.97. The number of ketones is 1. The first kappa shape index (κ1) is 12.7. The summed E-state index contributed by atoms with van der Waals surface area (Å²) in [4.78, 5) is 11.5. The molecule has 1 saturated carbocycles. The molecule has 15 heavy (non-hydrogen) atoms. The van der Waals surface area contributed by atoms with Gasteiger partial charge in [0.2, 0.25) is 0 Å². The molecule has 0 aromatic heterocycles. The molecule has 0 spiro atoms. The minimum Gasteiger partial charge on any atom is -0.384 e. The third-order valence-corrected chi connectivity index (χ3v) is 3.52. The summed E-state index contributed by atoms with van der Waals surface area (Å²) in [6.07, 6.45) is 1.93. The smallest absolute Gasteiger partial charge is 0.133 e. The Kier molecular flexibility index (Phi) is 4.29. The Labute approximate surface area is 92.1 Å². The second-order valence-corrected chi connectivity index (χ2v) is 4.97. The highest BCUT2D eigenvalue weighted by molar-refractivity contribution is 5.79. The maximum atomic E-state index is 11.5. The summed E-state index contributed by atoms with van der Waals surface area (Å²) in [6, 6.07) is 0. The van der Waals surface area contributed by atoms with E-state index in [1.165, 1.54) is 0 Å². The molecular formula is C12H22O3. The van der Waals surface area contributed by atoms with Gasteiger partial charge >= 0.3 is 0 Å². The molecule has 1 aliphatic carbocycles. The molecule has 0 aliphatic heterocycles. The van der Waals surface area contributed by atoms with Crippen LogP contribution in [0, 0.1) is 17.3 Å². The van der Waals surface area contributed by atoms with Gasteiger partial charge in [0.05, 0.1) is 13.2 Å². The fourth-order valence-electron chi connectivity index (χ4n) is 3.01. The Hall–Kier alpha value is -0.410. The number of Topliss-reactive ketones (excluding diaryl/α,β-unsaturated/α-hetero) is 1. The van der Waals surface area contributed by atoms with E-state index >= 15 is 0 Å². The van der Waals surface area contributed by atoms with Gasteiger partial charge in [-0.05, 0) is 25.7 Å². The summed E-state index contributed by atoms with van der Waals surface area (Å²) in [5.41, 5.74) is 0.0548. The van der Waals surface area contributed by atoms with Gasteiger partial charge < -0.3 is 9.47 Å². The number of methoxy groups -OCH3 is 2. The molecule has 1 rings (SSSR count). The summed E-state index contributed by atoms with van der Waals surface area (Å²) in [7, 11) is 3.42. The Morgan fingerprint density at radius 3 is 2.13 bits per heavy atom. The molecule has 0 radical (unpaired) electrons. The Balaban J connectivity index is 2.72. The fraction of sp³-hybridized carbons (Fsp3) is 0.917. The molecule has 0 amide bonds. The molecule has 0 saturated heterocycles. The van der Waals surface area contributed by atoms with Gasteiger partial charge in [-0.3, -0.25) is 4.79 Å². The monoisotopic (exact) mass is 214 g/mol. The quantitative estimate of drug-likeness (QED) is 0.701. The van der Waals surface area contributed by atoms with Crippen molar-refractivity contribution in [2.45, 2.75) is 26.7 Å². The highest BCUT2D eigenvalue weighted by Crippen LogP contribution is 2.46. The zero-order chi connectivity index (χ0) is 11.5. The second kappa shape index (κ2) is 5.08. The summed E-state index contributed by atoms with van der Waals surface area (Å²) >= 11 is 0. The Morgan fingerprint density at radius 2 is 1.80 bits per heavy atom. The number of rotatable bonds is 5. The average Bonchev–Trinajstić information content (AvgIpc) is 2.44. The lowest BCUT2D eigenvalue weighted by Gasteiger charge is -2.27. The lowest BCUT2D eigenvalue weighted by molar-refractivity contribution is -0.121. The van der Waals surface area contributed by atoms with Crippen molar-refractivity contribution < 1.29 is 14.3 Å². The van der Waals surface area contributed by atoms with E-state index in [2.05, 4.69) is 6.92 Å². The van der Waals surface area contributed by atoms with Gasteiger partial charge in [-0.25, -0.2) is 0 Å². The van der Waals surface area contributed by atoms with Gasteiger partial charge in [-0.2, -0.15) is 0 Å². The number of hydrogen-bond acceptors (Lipinski definition) is 3. The number of ether oxygens (including phenoxy) is 2. The van der Waals surface area contributed by atoms with E-state index in [0.717, 1.165) is 12.8 Å². The van der Waals surface area contributed by atoms with Crippen LogP contribution in [0.25, 0.3) is 0 Å². The van der Waals surface area contributed by atoms with E-state index in [1.54, 1.807) is 21.1 Å². The predicted molar refractivity (Wildman–Crippen MR) is 58.8 cm³/mol. The zero-order valence-electron chi connectivity index (χ0n) is 10.2. The standard InChI is InChI=1S/C12H22O3/c1-9-5-12(7-14-3,8-15-4)6-11(9)10(2)13/h9,11H,5-8H2,1-4H3. The summed E-state index contributed by atoms with van der Waals surface area (Å²) in [6.45, 7) is 5.22. The van der Waals surface area contributed by atoms with Crippen molar-refractivity contribution in [1.29, 1.82) is 0 Å². The summed E-state index contributed by atoms with van der Waals surface area (Å²) < 4.78 is 10.5. The molecule has 1 fully saturated rings. The molecule has 88 valence electrons. The van der Waals surface area contributed by atoms with E-state index in [1.807, 2.05) is 0 Å². The molecule has 1 aliphatic rings. The molecule has 0 heterocycles. The number of hydrogen-bond donors (Lipinski definition) is 0. The molecule has 0 aromatic carbocycles. The van der Waals surface area contributed by atoms with Crippen LogP contribution >= 0.6 is 0 Å². The van der Waals surface area contributed by atoms with Crippen molar-refractivity contribution in [2.75, 3.05) is 27.4 Å². The maximum Gasteiger partial charge on any atom is 0.133 e. The van der Waals surface area contributed by atoms with Gasteiger partial charge in [0, 0.05) is 25.6 Å². The first-order valence-corrected chi connectivity index (χ1v) is 5.53. The largest absolute Gasteiger partial charge is 0.384 e. The predicted octanol–water partition coefficient (Wildman–Crippen LogP) is 1.90. The van der Waals surface area contributed by atoms with Gasteiger partial charge in [0.1, 0.15) is 5.78 Å². The number of carbonyl (C=O) groups excluding carboxylic acids is 1. The molecule has 0 aromatic rings. The van der Waals surface area contributed by atoms with Crippen LogP contribution in [0.2, 0.25) is 0 Å². The highest BCUT2D eigenvalue weighted by atomic mass is 16.5. The van der Waals surface area contributed by atoms with Crippen molar-refractivity contribution in [3.05, 3.63) is 0 Å². The van der Waals surface area contributed by atoms with Gasteiger partial charge in [0.15, 0.2) is 0 Å². The highest BCUT2D eigenvalue weighted by Gasteiger charge is 2.45. The molecule has 3 heteroatoms. The normalized spacial score (nSPS) is 29.3. The average molecular weight is 214 g/mol. The first-order chi connectivity index (χ1) is 7.04. The third-order valence-electron chi connectivity index (χ3n) is 3.52. The van der Waals surface area contributed by atoms with Gasteiger partial charge in [0.25, 0.3) is 0 Å². The minimum atomic E-state index is 0.0548. The van der Waals surface area contributed by atoms with Crippen LogP contribution in [0.15, 0.2) is 0 Å². The topological polar surface area (TPSA) is 35.5 Å². The summed E-state index contributed by atoms with van der Waals surface area (Å²) in [5.74, 6) is 0.944. The van der Waals surface area contributed by atoms with Crippen LogP contribution in [0.5, 0.6) is 0 Å². The SMILES string of the molecule is COCC1(COC)CC(C)C(C(C)=O)C1. The molecular weight excluding hydrogens is 192 g/mol. The van der Waals surface area contributed by atoms with E-state index in [9.17, 15) is 4.79 Å². The molecule has 0 bridgehead atoms. The van der Waals surface area contributed by atoms with Crippen LogP contribution in [0.3, 0.4) is 0 Å². The van der Waals surface area contributed by atoms with Crippen LogP contribution in [-0.4, -0.2) is 33.2 Å². The van der Waals surface area contributed by atoms with E-state index in [0.29, 0.717) is 24.9 Å². The third kappa shape index (κ3) is 2.79. The van der Waals surface area contributed by atoms with Crippen molar-refractivity contribution in [1.82, 2.24) is 0 Å². The van der Waals surface area contributed by atoms with Crippen molar-refractivity contribution in [3.8, 4) is 0 Å². The van der Waals surface area contributed by atoms with Crippen LogP contribution in [0.1, 0.15) is 26.7 Å². The van der Waals surface area contributed by atoms with E-state index in [-0.39, 0.29) is 11.3 Å². The zero-order valence-corrected chi connectivity index (χ0v) is 10.2. The number of carbonyl (C=O) groups is 1. The van der Waals surface area contributed by atoms with E-state index in [4.69, 9.17) is 9.47 Å². The van der Waals surface area contributed by atoms with Crippen molar-refractivity contribution in [2.24, 2.45) is 17.3 Å². The van der Waals surface area contributed by atoms with Crippen molar-refractivity contribution >= 4 is 5.78 Å². The maximum absolute atomic E-state index is 11.5. The molecule has 0 N–H and O–H groups in total. The lowest BCUT2D eigenvalue weighted by atomic mass is 9.86. The molecule has 2 atom stereocenters. The Bertz CT molecular complexity index is 219. The fourth-order valence-corrected chi connectivity index (χ4v) is 3.01. The van der Waals surface area contributed by atoms with Crippen molar-refractivity contribution in [3.63, 3.8) is 0 Å². The van der Waals surface area contributed by atoms with E-state index < -0.39 is 0 Å². The van der Waals surface area contributed by atoms with Crippen LogP contribution < -0.4 is 0 Å². The molecule has 3 nitrogen and oxygen atoms in total. The van der Waals surface area contributed by atoms with Crippen LogP contribution in [0.4, 0.5) is 0 Å². The molecule has 2 unspecified atom stereocenters. The van der Waals surface area contributed by atoms with Gasteiger partial charge in [-0.1, -0.05) is 6.92 Å². The summed E-state index contributed by atoms with van der Waals surface area (Å²) in [5, 5.41) is 0. The lowest BCUT2D eigenvalue weighted by Crippen LogP contribution is -2.29.